The number of unbranched alkanes of at least 4 members (excludes halogenated alkanes) is 2. The molecule has 1 aromatic heterocycles. The summed E-state index contributed by atoms with van der Waals surface area (Å²) in [5.74, 6) is 1.11. The molecule has 1 fully saturated rings. The van der Waals surface area contributed by atoms with E-state index in [-0.39, 0.29) is 0 Å². The van der Waals surface area contributed by atoms with Gasteiger partial charge in [-0.3, -0.25) is 0 Å². The molecule has 3 nitrogen and oxygen atoms in total. The monoisotopic (exact) mass is 234 g/mol. The summed E-state index contributed by atoms with van der Waals surface area (Å²) in [6.07, 6.45) is 4.91. The van der Waals surface area contributed by atoms with Gasteiger partial charge in [-0.15, -0.1) is 0 Å². The Labute approximate surface area is 104 Å². The van der Waals surface area contributed by atoms with Crippen LogP contribution < -0.4 is 4.90 Å². The minimum absolute atomic E-state index is 0.821. The maximum Gasteiger partial charge on any atom is 0.128 e. The summed E-state index contributed by atoms with van der Waals surface area (Å²) < 4.78 is 5.36. The highest BCUT2D eigenvalue weighted by molar-refractivity contribution is 5.39. The van der Waals surface area contributed by atoms with Gasteiger partial charge in [0.25, 0.3) is 0 Å². The molecule has 0 N–H and O–H groups in total. The summed E-state index contributed by atoms with van der Waals surface area (Å²) >= 11 is 0. The molecular weight excluding hydrogens is 212 g/mol. The van der Waals surface area contributed by atoms with Crippen molar-refractivity contribution < 1.29 is 4.74 Å². The molecule has 0 unspecified atom stereocenters. The normalized spacial score (nSPS) is 16.2. The molecule has 1 saturated heterocycles. The number of nitrogens with zero attached hydrogens (tertiary/aromatic N) is 2. The number of rotatable bonds is 5. The summed E-state index contributed by atoms with van der Waals surface area (Å²) in [4.78, 5) is 7.05. The molecule has 0 saturated carbocycles. The van der Waals surface area contributed by atoms with Crippen LogP contribution >= 0.6 is 0 Å². The van der Waals surface area contributed by atoms with Gasteiger partial charge in [0.1, 0.15) is 5.82 Å². The van der Waals surface area contributed by atoms with Crippen LogP contribution in [-0.2, 0) is 11.2 Å². The van der Waals surface area contributed by atoms with Crippen molar-refractivity contribution in [1.29, 1.82) is 0 Å². The largest absolute Gasteiger partial charge is 0.378 e. The number of aryl methyl sites for hydroxylation is 1. The van der Waals surface area contributed by atoms with Gasteiger partial charge in [-0.1, -0.05) is 25.8 Å². The van der Waals surface area contributed by atoms with Gasteiger partial charge in [-0.25, -0.2) is 4.98 Å². The molecule has 1 aromatic rings. The Hall–Kier alpha value is -1.09. The maximum atomic E-state index is 5.36. The average molecular weight is 234 g/mol. The second kappa shape index (κ2) is 6.60. The number of pyridine rings is 1. The van der Waals surface area contributed by atoms with Gasteiger partial charge >= 0.3 is 0 Å². The number of hydrogen-bond donors (Lipinski definition) is 0. The Kier molecular flexibility index (Phi) is 4.80. The number of hydrogen-bond acceptors (Lipinski definition) is 3. The SMILES string of the molecule is CCCCCc1cccc(N2CCOCC2)n1. The third-order valence-corrected chi connectivity index (χ3v) is 3.16. The molecule has 1 aliphatic rings. The maximum absolute atomic E-state index is 5.36. The predicted molar refractivity (Wildman–Crippen MR) is 70.5 cm³/mol. The minimum atomic E-state index is 0.821. The zero-order valence-corrected chi connectivity index (χ0v) is 10.7. The fourth-order valence-corrected chi connectivity index (χ4v) is 2.13. The number of aromatic nitrogens is 1. The van der Waals surface area contributed by atoms with Gasteiger partial charge in [-0.2, -0.15) is 0 Å². The lowest BCUT2D eigenvalue weighted by Gasteiger charge is -2.28. The average Bonchev–Trinajstić information content (AvgIpc) is 2.41. The first-order chi connectivity index (χ1) is 8.40. The molecule has 0 amide bonds. The smallest absolute Gasteiger partial charge is 0.128 e. The standard InChI is InChI=1S/C14H22N2O/c1-2-3-4-6-13-7-5-8-14(15-13)16-9-11-17-12-10-16/h5,7-8H,2-4,6,9-12H2,1H3. The molecule has 17 heavy (non-hydrogen) atoms. The third-order valence-electron chi connectivity index (χ3n) is 3.16. The van der Waals surface area contributed by atoms with E-state index in [0.717, 1.165) is 38.5 Å². The van der Waals surface area contributed by atoms with Gasteiger partial charge in [-0.05, 0) is 25.0 Å². The van der Waals surface area contributed by atoms with E-state index in [2.05, 4.69) is 30.0 Å². The lowest BCUT2D eigenvalue weighted by molar-refractivity contribution is 0.122. The topological polar surface area (TPSA) is 25.4 Å². The second-order valence-corrected chi connectivity index (χ2v) is 4.54. The van der Waals surface area contributed by atoms with Crippen molar-refractivity contribution >= 4 is 5.82 Å². The van der Waals surface area contributed by atoms with E-state index in [9.17, 15) is 0 Å². The highest BCUT2D eigenvalue weighted by Crippen LogP contribution is 2.14. The van der Waals surface area contributed by atoms with Gasteiger partial charge in [0.05, 0.1) is 13.2 Å². The van der Waals surface area contributed by atoms with E-state index < -0.39 is 0 Å². The first kappa shape index (κ1) is 12.4. The van der Waals surface area contributed by atoms with Gasteiger partial charge in [0.2, 0.25) is 0 Å². The Morgan fingerprint density at radius 2 is 2.06 bits per heavy atom. The van der Waals surface area contributed by atoms with E-state index in [1.807, 2.05) is 0 Å². The van der Waals surface area contributed by atoms with Gasteiger partial charge in [0, 0.05) is 18.8 Å². The van der Waals surface area contributed by atoms with Crippen LogP contribution in [-0.4, -0.2) is 31.3 Å². The summed E-state index contributed by atoms with van der Waals surface area (Å²) in [6.45, 7) is 5.80. The Balaban J connectivity index is 1.95. The minimum Gasteiger partial charge on any atom is -0.378 e. The van der Waals surface area contributed by atoms with Crippen molar-refractivity contribution in [3.8, 4) is 0 Å². The van der Waals surface area contributed by atoms with E-state index in [1.54, 1.807) is 0 Å². The van der Waals surface area contributed by atoms with Gasteiger partial charge < -0.3 is 9.64 Å². The lowest BCUT2D eigenvalue weighted by Crippen LogP contribution is -2.36. The van der Waals surface area contributed by atoms with E-state index in [1.165, 1.54) is 25.0 Å². The van der Waals surface area contributed by atoms with Crippen molar-refractivity contribution in [3.05, 3.63) is 23.9 Å². The molecule has 3 heteroatoms. The van der Waals surface area contributed by atoms with Gasteiger partial charge in [0.15, 0.2) is 0 Å². The fraction of sp³-hybridized carbons (Fsp3) is 0.643. The molecule has 0 spiro atoms. The van der Waals surface area contributed by atoms with Crippen LogP contribution in [0, 0.1) is 0 Å². The summed E-state index contributed by atoms with van der Waals surface area (Å²) in [7, 11) is 0. The molecule has 0 aromatic carbocycles. The van der Waals surface area contributed by atoms with Crippen molar-refractivity contribution in [2.45, 2.75) is 32.6 Å². The summed E-state index contributed by atoms with van der Waals surface area (Å²) in [6, 6.07) is 6.37. The lowest BCUT2D eigenvalue weighted by atomic mass is 10.1. The zero-order valence-electron chi connectivity index (χ0n) is 10.7. The molecule has 0 atom stereocenters. The predicted octanol–water partition coefficient (Wildman–Crippen LogP) is 2.65. The fourth-order valence-electron chi connectivity index (χ4n) is 2.13. The van der Waals surface area contributed by atoms with Crippen LogP contribution in [0.1, 0.15) is 31.9 Å². The van der Waals surface area contributed by atoms with Crippen LogP contribution in [0.4, 0.5) is 5.82 Å². The van der Waals surface area contributed by atoms with Crippen LogP contribution in [0.25, 0.3) is 0 Å². The first-order valence-electron chi connectivity index (χ1n) is 6.69. The number of ether oxygens (including phenoxy) is 1. The Morgan fingerprint density at radius 3 is 2.82 bits per heavy atom. The molecule has 0 radical (unpaired) electrons. The summed E-state index contributed by atoms with van der Waals surface area (Å²) in [5.41, 5.74) is 1.22. The highest BCUT2D eigenvalue weighted by Gasteiger charge is 2.12. The molecule has 0 bridgehead atoms. The van der Waals surface area contributed by atoms with E-state index in [4.69, 9.17) is 9.72 Å². The van der Waals surface area contributed by atoms with Crippen LogP contribution in [0.2, 0.25) is 0 Å². The van der Waals surface area contributed by atoms with E-state index in [0.29, 0.717) is 0 Å². The zero-order chi connectivity index (χ0) is 11.9. The van der Waals surface area contributed by atoms with Crippen molar-refractivity contribution in [1.82, 2.24) is 4.98 Å². The molecular formula is C14H22N2O. The first-order valence-corrected chi connectivity index (χ1v) is 6.69. The van der Waals surface area contributed by atoms with E-state index >= 15 is 0 Å². The highest BCUT2D eigenvalue weighted by atomic mass is 16.5. The second-order valence-electron chi connectivity index (χ2n) is 4.54. The molecule has 2 rings (SSSR count). The van der Waals surface area contributed by atoms with Crippen molar-refractivity contribution in [3.63, 3.8) is 0 Å². The quantitative estimate of drug-likeness (QED) is 0.732. The molecule has 2 heterocycles. The van der Waals surface area contributed by atoms with Crippen LogP contribution in [0.15, 0.2) is 18.2 Å². The molecule has 0 aliphatic carbocycles. The number of anilines is 1. The Morgan fingerprint density at radius 1 is 1.24 bits per heavy atom. The number of morpholine rings is 1. The van der Waals surface area contributed by atoms with Crippen molar-refractivity contribution in [2.24, 2.45) is 0 Å². The van der Waals surface area contributed by atoms with Crippen LogP contribution in [0.5, 0.6) is 0 Å². The summed E-state index contributed by atoms with van der Waals surface area (Å²) in [5, 5.41) is 0. The Bertz CT molecular complexity index is 335. The molecule has 1 aliphatic heterocycles. The third kappa shape index (κ3) is 3.70. The molecule has 94 valence electrons. The van der Waals surface area contributed by atoms with Crippen molar-refractivity contribution in [2.75, 3.05) is 31.2 Å². The van der Waals surface area contributed by atoms with Crippen LogP contribution in [0.3, 0.4) is 0 Å².